The van der Waals surface area contributed by atoms with Crippen LogP contribution >= 0.6 is 0 Å². The van der Waals surface area contributed by atoms with Crippen molar-refractivity contribution in [2.75, 3.05) is 32.6 Å². The summed E-state index contributed by atoms with van der Waals surface area (Å²) in [6, 6.07) is 5.39. The molecule has 0 aromatic heterocycles. The topological polar surface area (TPSA) is 67.6 Å². The first-order valence-corrected chi connectivity index (χ1v) is 6.87. The fourth-order valence-corrected chi connectivity index (χ4v) is 2.54. The number of likely N-dealkylation sites (tertiary alicyclic amines) is 1. The molecule has 0 spiro atoms. The van der Waals surface area contributed by atoms with Crippen LogP contribution in [0.3, 0.4) is 0 Å². The molecule has 1 fully saturated rings. The van der Waals surface area contributed by atoms with E-state index in [1.165, 1.54) is 7.11 Å². The summed E-state index contributed by atoms with van der Waals surface area (Å²) < 4.78 is 5.01. The summed E-state index contributed by atoms with van der Waals surface area (Å²) in [5.41, 5.74) is 0.787. The van der Waals surface area contributed by atoms with E-state index in [1.807, 2.05) is 6.07 Å². The van der Waals surface area contributed by atoms with Crippen molar-refractivity contribution in [3.05, 3.63) is 28.3 Å². The van der Waals surface area contributed by atoms with Crippen LogP contribution in [0.5, 0.6) is 5.75 Å². The van der Waals surface area contributed by atoms with Crippen molar-refractivity contribution in [3.63, 3.8) is 0 Å². The second-order valence-electron chi connectivity index (χ2n) is 5.22. The van der Waals surface area contributed by atoms with Crippen LogP contribution in [0.25, 0.3) is 0 Å². The molecule has 1 atom stereocenters. The number of nitro groups is 1. The van der Waals surface area contributed by atoms with E-state index in [4.69, 9.17) is 4.74 Å². The van der Waals surface area contributed by atoms with Crippen LogP contribution in [0.4, 0.5) is 11.4 Å². The molecule has 2 rings (SSSR count). The molecule has 110 valence electrons. The number of hydrogen-bond acceptors (Lipinski definition) is 5. The van der Waals surface area contributed by atoms with Gasteiger partial charge in [-0.25, -0.2) is 0 Å². The van der Waals surface area contributed by atoms with E-state index in [2.05, 4.69) is 17.3 Å². The Bertz CT molecular complexity index is 479. The Morgan fingerprint density at radius 1 is 1.40 bits per heavy atom. The highest BCUT2D eigenvalue weighted by atomic mass is 16.6. The number of benzene rings is 1. The minimum atomic E-state index is -0.412. The third kappa shape index (κ3) is 3.60. The zero-order chi connectivity index (χ0) is 14.5. The maximum absolute atomic E-state index is 11.0. The molecule has 0 amide bonds. The molecule has 6 heteroatoms. The number of anilines is 1. The van der Waals surface area contributed by atoms with Crippen LogP contribution in [0.1, 0.15) is 19.3 Å². The highest BCUT2D eigenvalue weighted by Crippen LogP contribution is 2.30. The van der Waals surface area contributed by atoms with Gasteiger partial charge in [-0.15, -0.1) is 0 Å². The van der Waals surface area contributed by atoms with Crippen molar-refractivity contribution in [1.29, 1.82) is 0 Å². The SMILES string of the molecule is COc1ccc(NC2CCCN(C)CC2)cc1[N+](=O)[O-]. The summed E-state index contributed by atoms with van der Waals surface area (Å²) in [5.74, 6) is 0.293. The molecule has 1 saturated heterocycles. The van der Waals surface area contributed by atoms with E-state index in [1.54, 1.807) is 12.1 Å². The summed E-state index contributed by atoms with van der Waals surface area (Å²) in [4.78, 5) is 12.9. The molecular formula is C14H21N3O3. The molecule has 1 heterocycles. The molecule has 0 bridgehead atoms. The lowest BCUT2D eigenvalue weighted by molar-refractivity contribution is -0.385. The molecule has 0 radical (unpaired) electrons. The van der Waals surface area contributed by atoms with Gasteiger partial charge in [-0.1, -0.05) is 0 Å². The van der Waals surface area contributed by atoms with E-state index < -0.39 is 4.92 Å². The van der Waals surface area contributed by atoms with Gasteiger partial charge in [0.15, 0.2) is 5.75 Å². The van der Waals surface area contributed by atoms with E-state index in [0.717, 1.165) is 38.0 Å². The molecule has 6 nitrogen and oxygen atoms in total. The number of nitro benzene ring substituents is 1. The summed E-state index contributed by atoms with van der Waals surface area (Å²) in [5, 5.41) is 14.4. The van der Waals surface area contributed by atoms with Crippen LogP contribution in [0.2, 0.25) is 0 Å². The van der Waals surface area contributed by atoms with Crippen molar-refractivity contribution in [2.45, 2.75) is 25.3 Å². The maximum atomic E-state index is 11.0. The molecule has 1 aromatic carbocycles. The normalized spacial score (nSPS) is 20.2. The van der Waals surface area contributed by atoms with E-state index in [9.17, 15) is 10.1 Å². The van der Waals surface area contributed by atoms with Gasteiger partial charge in [-0.3, -0.25) is 10.1 Å². The van der Waals surface area contributed by atoms with Crippen molar-refractivity contribution in [3.8, 4) is 5.75 Å². The van der Waals surface area contributed by atoms with Gasteiger partial charge in [0.1, 0.15) is 0 Å². The number of hydrogen-bond donors (Lipinski definition) is 1. The Morgan fingerprint density at radius 3 is 2.90 bits per heavy atom. The lowest BCUT2D eigenvalue weighted by Gasteiger charge is -2.18. The van der Waals surface area contributed by atoms with Crippen molar-refractivity contribution >= 4 is 11.4 Å². The Hall–Kier alpha value is -1.82. The van der Waals surface area contributed by atoms with Crippen LogP contribution in [0, 0.1) is 10.1 Å². The molecule has 1 N–H and O–H groups in total. The average molecular weight is 279 g/mol. The minimum Gasteiger partial charge on any atom is -0.490 e. The van der Waals surface area contributed by atoms with Crippen LogP contribution < -0.4 is 10.1 Å². The predicted molar refractivity (Wildman–Crippen MR) is 78.4 cm³/mol. The number of nitrogens with one attached hydrogen (secondary N) is 1. The third-order valence-corrected chi connectivity index (χ3v) is 3.70. The molecule has 1 aliphatic rings. The Kier molecular flexibility index (Phi) is 4.79. The molecular weight excluding hydrogens is 258 g/mol. The number of rotatable bonds is 4. The van der Waals surface area contributed by atoms with Gasteiger partial charge in [0.05, 0.1) is 12.0 Å². The van der Waals surface area contributed by atoms with Crippen molar-refractivity contribution < 1.29 is 9.66 Å². The lowest BCUT2D eigenvalue weighted by Crippen LogP contribution is -2.23. The zero-order valence-electron chi connectivity index (χ0n) is 12.0. The summed E-state index contributed by atoms with van der Waals surface area (Å²) in [6.45, 7) is 2.16. The van der Waals surface area contributed by atoms with E-state index >= 15 is 0 Å². The highest BCUT2D eigenvalue weighted by molar-refractivity contribution is 5.58. The molecule has 0 saturated carbocycles. The van der Waals surface area contributed by atoms with Gasteiger partial charge in [0, 0.05) is 17.8 Å². The summed E-state index contributed by atoms with van der Waals surface area (Å²) in [7, 11) is 3.57. The Morgan fingerprint density at radius 2 is 2.20 bits per heavy atom. The number of nitrogens with zero attached hydrogens (tertiary/aromatic N) is 2. The van der Waals surface area contributed by atoms with Crippen LogP contribution in [0.15, 0.2) is 18.2 Å². The monoisotopic (exact) mass is 279 g/mol. The Labute approximate surface area is 118 Å². The minimum absolute atomic E-state index is 0.00300. The molecule has 1 aromatic rings. The second kappa shape index (κ2) is 6.56. The van der Waals surface area contributed by atoms with Crippen LogP contribution in [-0.4, -0.2) is 43.1 Å². The predicted octanol–water partition coefficient (Wildman–Crippen LogP) is 2.50. The van der Waals surface area contributed by atoms with Crippen molar-refractivity contribution in [2.24, 2.45) is 0 Å². The first-order chi connectivity index (χ1) is 9.60. The largest absolute Gasteiger partial charge is 0.490 e. The fourth-order valence-electron chi connectivity index (χ4n) is 2.54. The van der Waals surface area contributed by atoms with E-state index in [-0.39, 0.29) is 5.69 Å². The first kappa shape index (κ1) is 14.6. The van der Waals surface area contributed by atoms with Gasteiger partial charge in [0.2, 0.25) is 0 Å². The van der Waals surface area contributed by atoms with Gasteiger partial charge in [-0.05, 0) is 51.5 Å². The zero-order valence-corrected chi connectivity index (χ0v) is 12.0. The van der Waals surface area contributed by atoms with Crippen LogP contribution in [-0.2, 0) is 0 Å². The van der Waals surface area contributed by atoms with Crippen molar-refractivity contribution in [1.82, 2.24) is 4.90 Å². The van der Waals surface area contributed by atoms with Gasteiger partial charge in [-0.2, -0.15) is 0 Å². The fraction of sp³-hybridized carbons (Fsp3) is 0.571. The summed E-state index contributed by atoms with van der Waals surface area (Å²) in [6.07, 6.45) is 3.28. The quantitative estimate of drug-likeness (QED) is 0.677. The second-order valence-corrected chi connectivity index (χ2v) is 5.22. The average Bonchev–Trinajstić information content (AvgIpc) is 2.63. The third-order valence-electron chi connectivity index (χ3n) is 3.70. The highest BCUT2D eigenvalue weighted by Gasteiger charge is 2.18. The van der Waals surface area contributed by atoms with E-state index in [0.29, 0.717) is 11.8 Å². The molecule has 1 unspecified atom stereocenters. The molecule has 0 aliphatic carbocycles. The summed E-state index contributed by atoms with van der Waals surface area (Å²) >= 11 is 0. The number of ether oxygens (including phenoxy) is 1. The molecule has 20 heavy (non-hydrogen) atoms. The number of methoxy groups -OCH3 is 1. The van der Waals surface area contributed by atoms with Gasteiger partial charge in [0.25, 0.3) is 0 Å². The first-order valence-electron chi connectivity index (χ1n) is 6.87. The lowest BCUT2D eigenvalue weighted by atomic mass is 10.1. The maximum Gasteiger partial charge on any atom is 0.312 e. The standard InChI is InChI=1S/C14H21N3O3/c1-16-8-3-4-11(7-9-16)15-12-5-6-14(20-2)13(10-12)17(18)19/h5-6,10-11,15H,3-4,7-9H2,1-2H3. The van der Waals surface area contributed by atoms with Gasteiger partial charge < -0.3 is 15.0 Å². The molecule has 1 aliphatic heterocycles. The Balaban J connectivity index is 2.09. The van der Waals surface area contributed by atoms with Gasteiger partial charge >= 0.3 is 5.69 Å². The smallest absolute Gasteiger partial charge is 0.312 e.